The van der Waals surface area contributed by atoms with Crippen LogP contribution in [0, 0.1) is 0 Å². The Bertz CT molecular complexity index is 1180. The second kappa shape index (κ2) is 12.9. The van der Waals surface area contributed by atoms with Gasteiger partial charge in [0.05, 0.1) is 18.6 Å². The van der Waals surface area contributed by atoms with Crippen molar-refractivity contribution in [3.63, 3.8) is 0 Å². The van der Waals surface area contributed by atoms with Crippen LogP contribution in [-0.2, 0) is 14.8 Å². The van der Waals surface area contributed by atoms with Crippen molar-refractivity contribution in [3.05, 3.63) is 54.1 Å². The fourth-order valence-corrected chi connectivity index (χ4v) is 4.64. The zero-order valence-corrected chi connectivity index (χ0v) is 21.1. The number of amides is 1. The molecule has 1 amide bonds. The molecule has 0 bridgehead atoms. The standard InChI is InChI=1S/C26H33N3O5S/c1-3-4-17-34-23-14-12-20(18-24(23)33-2)13-15-26(30)28-21-9-8-10-22(19-21)35(31,32)29-25-11-6-5-7-16-27-25/h8-10,12-15,18-19H,3-7,11,16-17H2,1-2H3,(H,27,29)(H,28,30)/b15-13+. The molecule has 2 N–H and O–H groups in total. The number of nitrogens with zero attached hydrogens (tertiary/aromatic N) is 1. The van der Waals surface area contributed by atoms with Gasteiger partial charge in [-0.3, -0.25) is 14.5 Å². The third-order valence-electron chi connectivity index (χ3n) is 5.41. The monoisotopic (exact) mass is 499 g/mol. The third-order valence-corrected chi connectivity index (χ3v) is 6.79. The molecule has 1 aliphatic heterocycles. The number of aliphatic imine (C=N–C) groups is 1. The Kier molecular flexibility index (Phi) is 9.72. The zero-order chi connectivity index (χ0) is 25.1. The smallest absolute Gasteiger partial charge is 0.262 e. The highest BCUT2D eigenvalue weighted by atomic mass is 32.2. The van der Waals surface area contributed by atoms with E-state index in [0.29, 0.717) is 42.6 Å². The van der Waals surface area contributed by atoms with Crippen LogP contribution in [0.2, 0.25) is 0 Å². The van der Waals surface area contributed by atoms with Crippen molar-refractivity contribution in [2.24, 2.45) is 4.99 Å². The van der Waals surface area contributed by atoms with Crippen molar-refractivity contribution in [1.29, 1.82) is 0 Å². The average Bonchev–Trinajstić information content (AvgIpc) is 3.11. The average molecular weight is 500 g/mol. The van der Waals surface area contributed by atoms with E-state index < -0.39 is 10.0 Å². The number of unbranched alkanes of at least 4 members (excludes halogenated alkanes) is 1. The molecule has 3 rings (SSSR count). The molecule has 2 aromatic rings. The minimum absolute atomic E-state index is 0.0645. The molecule has 35 heavy (non-hydrogen) atoms. The van der Waals surface area contributed by atoms with Crippen LogP contribution in [0.4, 0.5) is 5.69 Å². The van der Waals surface area contributed by atoms with Gasteiger partial charge < -0.3 is 14.8 Å². The zero-order valence-electron chi connectivity index (χ0n) is 20.2. The number of amidine groups is 1. The predicted molar refractivity (Wildman–Crippen MR) is 139 cm³/mol. The van der Waals surface area contributed by atoms with Gasteiger partial charge in [-0.05, 0) is 61.2 Å². The molecule has 1 heterocycles. The van der Waals surface area contributed by atoms with Crippen LogP contribution in [0.3, 0.4) is 0 Å². The molecule has 0 radical (unpaired) electrons. The number of rotatable bonds is 10. The Morgan fingerprint density at radius 2 is 1.97 bits per heavy atom. The molecular weight excluding hydrogens is 466 g/mol. The van der Waals surface area contributed by atoms with Gasteiger partial charge in [-0.15, -0.1) is 0 Å². The van der Waals surface area contributed by atoms with Gasteiger partial charge in [-0.25, -0.2) is 8.42 Å². The first kappa shape index (κ1) is 26.3. The van der Waals surface area contributed by atoms with Gasteiger partial charge in [0, 0.05) is 24.7 Å². The van der Waals surface area contributed by atoms with E-state index in [-0.39, 0.29) is 10.8 Å². The molecule has 1 aliphatic rings. The highest BCUT2D eigenvalue weighted by molar-refractivity contribution is 7.90. The molecule has 2 aromatic carbocycles. The molecule has 8 nitrogen and oxygen atoms in total. The summed E-state index contributed by atoms with van der Waals surface area (Å²) in [5.74, 6) is 1.34. The van der Waals surface area contributed by atoms with E-state index in [1.807, 2.05) is 12.1 Å². The minimum atomic E-state index is -3.79. The number of methoxy groups -OCH3 is 1. The quantitative estimate of drug-likeness (QED) is 0.362. The number of carbonyl (C=O) groups excluding carboxylic acids is 1. The summed E-state index contributed by atoms with van der Waals surface area (Å²) in [7, 11) is -2.22. The molecule has 188 valence electrons. The van der Waals surface area contributed by atoms with Gasteiger partial charge in [0.25, 0.3) is 10.0 Å². The Labute approximate surface area is 207 Å². The summed E-state index contributed by atoms with van der Waals surface area (Å²) in [4.78, 5) is 16.8. The molecule has 0 spiro atoms. The van der Waals surface area contributed by atoms with Crippen LogP contribution in [-0.4, -0.2) is 40.4 Å². The summed E-state index contributed by atoms with van der Waals surface area (Å²) in [5.41, 5.74) is 1.15. The first-order valence-electron chi connectivity index (χ1n) is 11.9. The fourth-order valence-electron chi connectivity index (χ4n) is 3.50. The summed E-state index contributed by atoms with van der Waals surface area (Å²) in [6, 6.07) is 11.6. The van der Waals surface area contributed by atoms with E-state index in [2.05, 4.69) is 22.0 Å². The molecule has 0 unspecified atom stereocenters. The van der Waals surface area contributed by atoms with Crippen molar-refractivity contribution >= 4 is 33.5 Å². The Hall–Kier alpha value is -3.33. The van der Waals surface area contributed by atoms with E-state index >= 15 is 0 Å². The number of sulfonamides is 1. The molecule has 9 heteroatoms. The predicted octanol–water partition coefficient (Wildman–Crippen LogP) is 4.78. The number of benzene rings is 2. The van der Waals surface area contributed by atoms with Crippen molar-refractivity contribution in [2.75, 3.05) is 25.6 Å². The summed E-state index contributed by atoms with van der Waals surface area (Å²) < 4.78 is 39.3. The van der Waals surface area contributed by atoms with Gasteiger partial charge in [-0.1, -0.05) is 31.9 Å². The van der Waals surface area contributed by atoms with Crippen LogP contribution in [0.25, 0.3) is 6.08 Å². The van der Waals surface area contributed by atoms with Crippen LogP contribution in [0.15, 0.2) is 58.4 Å². The summed E-state index contributed by atoms with van der Waals surface area (Å²) >= 11 is 0. The SMILES string of the molecule is CCCCOc1ccc(/C=C/C(=O)Nc2cccc(S(=O)(=O)NC3=NCCCCC3)c2)cc1OC. The van der Waals surface area contributed by atoms with Gasteiger partial charge in [0.1, 0.15) is 5.84 Å². The lowest BCUT2D eigenvalue weighted by Gasteiger charge is -2.11. The third kappa shape index (κ3) is 8.13. The molecule has 0 atom stereocenters. The van der Waals surface area contributed by atoms with Gasteiger partial charge in [0.15, 0.2) is 11.5 Å². The normalized spacial score (nSPS) is 14.2. The van der Waals surface area contributed by atoms with E-state index in [4.69, 9.17) is 9.47 Å². The molecule has 0 saturated carbocycles. The number of hydrogen-bond donors (Lipinski definition) is 2. The van der Waals surface area contributed by atoms with Crippen LogP contribution >= 0.6 is 0 Å². The van der Waals surface area contributed by atoms with Gasteiger partial charge in [0.2, 0.25) is 5.91 Å². The van der Waals surface area contributed by atoms with Crippen LogP contribution < -0.4 is 19.5 Å². The second-order valence-electron chi connectivity index (χ2n) is 8.21. The second-order valence-corrected chi connectivity index (χ2v) is 9.89. The highest BCUT2D eigenvalue weighted by Gasteiger charge is 2.18. The molecular formula is C26H33N3O5S. The summed E-state index contributed by atoms with van der Waals surface area (Å²) in [5, 5.41) is 2.71. The van der Waals surface area contributed by atoms with E-state index in [9.17, 15) is 13.2 Å². The van der Waals surface area contributed by atoms with E-state index in [0.717, 1.165) is 37.7 Å². The fraction of sp³-hybridized carbons (Fsp3) is 0.385. The lowest BCUT2D eigenvalue weighted by atomic mass is 10.2. The number of anilines is 1. The molecule has 0 aliphatic carbocycles. The Morgan fingerprint density at radius 1 is 1.11 bits per heavy atom. The minimum Gasteiger partial charge on any atom is -0.493 e. The van der Waals surface area contributed by atoms with Gasteiger partial charge >= 0.3 is 0 Å². The Morgan fingerprint density at radius 3 is 2.77 bits per heavy atom. The lowest BCUT2D eigenvalue weighted by Crippen LogP contribution is -2.30. The van der Waals surface area contributed by atoms with Crippen LogP contribution in [0.1, 0.15) is 51.0 Å². The maximum atomic E-state index is 12.8. The van der Waals surface area contributed by atoms with Crippen LogP contribution in [0.5, 0.6) is 11.5 Å². The number of hydrogen-bond acceptors (Lipinski definition) is 6. The molecule has 0 fully saturated rings. The van der Waals surface area contributed by atoms with Gasteiger partial charge in [-0.2, -0.15) is 0 Å². The molecule has 0 aromatic heterocycles. The van der Waals surface area contributed by atoms with Crippen molar-refractivity contribution in [1.82, 2.24) is 4.72 Å². The number of ether oxygens (including phenoxy) is 2. The van der Waals surface area contributed by atoms with E-state index in [1.54, 1.807) is 31.4 Å². The summed E-state index contributed by atoms with van der Waals surface area (Å²) in [6.45, 7) is 3.34. The maximum Gasteiger partial charge on any atom is 0.262 e. The van der Waals surface area contributed by atoms with Crippen molar-refractivity contribution < 1.29 is 22.7 Å². The van der Waals surface area contributed by atoms with Crippen molar-refractivity contribution in [2.45, 2.75) is 50.3 Å². The first-order valence-corrected chi connectivity index (χ1v) is 13.4. The summed E-state index contributed by atoms with van der Waals surface area (Å²) in [6.07, 6.45) is 8.54. The Balaban J connectivity index is 1.64. The number of nitrogens with one attached hydrogen (secondary N) is 2. The first-order chi connectivity index (χ1) is 16.9. The maximum absolute atomic E-state index is 12.8. The molecule has 0 saturated heterocycles. The lowest BCUT2D eigenvalue weighted by molar-refractivity contribution is -0.111. The number of carbonyl (C=O) groups is 1. The van der Waals surface area contributed by atoms with Crippen molar-refractivity contribution in [3.8, 4) is 11.5 Å². The van der Waals surface area contributed by atoms with E-state index in [1.165, 1.54) is 18.2 Å². The largest absolute Gasteiger partial charge is 0.493 e. The topological polar surface area (TPSA) is 106 Å². The highest BCUT2D eigenvalue weighted by Crippen LogP contribution is 2.28.